The fourth-order valence-corrected chi connectivity index (χ4v) is 3.58. The van der Waals surface area contributed by atoms with Crippen molar-refractivity contribution in [3.63, 3.8) is 0 Å². The van der Waals surface area contributed by atoms with Gasteiger partial charge in [0.15, 0.2) is 11.8 Å². The number of likely N-dealkylation sites (tertiary alicyclic amines) is 1. The van der Waals surface area contributed by atoms with Crippen molar-refractivity contribution in [1.29, 1.82) is 0 Å². The molecule has 1 fully saturated rings. The van der Waals surface area contributed by atoms with Crippen LogP contribution in [0.4, 0.5) is 0 Å². The van der Waals surface area contributed by atoms with Crippen LogP contribution in [0.2, 0.25) is 0 Å². The topological polar surface area (TPSA) is 87.8 Å². The van der Waals surface area contributed by atoms with E-state index in [1.165, 1.54) is 18.4 Å². The zero-order valence-corrected chi connectivity index (χ0v) is 20.3. The Balaban J connectivity index is 0.00000320. The zero-order valence-electron chi connectivity index (χ0n) is 18.0. The van der Waals surface area contributed by atoms with Gasteiger partial charge in [-0.25, -0.2) is 0 Å². The average molecular weight is 528 g/mol. The Bertz CT molecular complexity index is 770. The fourth-order valence-electron chi connectivity index (χ4n) is 3.58. The minimum absolute atomic E-state index is 0. The van der Waals surface area contributed by atoms with Gasteiger partial charge in [-0.1, -0.05) is 35.5 Å². The Morgan fingerprint density at radius 3 is 2.87 bits per heavy atom. The molecule has 1 aromatic heterocycles. The van der Waals surface area contributed by atoms with Gasteiger partial charge >= 0.3 is 0 Å². The number of guanidine groups is 1. The minimum Gasteiger partial charge on any atom is -0.371 e. The van der Waals surface area contributed by atoms with Crippen molar-refractivity contribution < 1.29 is 9.26 Å². The molecule has 2 heterocycles. The third kappa shape index (κ3) is 7.21. The van der Waals surface area contributed by atoms with E-state index in [0.29, 0.717) is 30.9 Å². The van der Waals surface area contributed by atoms with Gasteiger partial charge < -0.3 is 19.9 Å². The van der Waals surface area contributed by atoms with E-state index in [-0.39, 0.29) is 30.1 Å². The molecule has 0 spiro atoms. The maximum Gasteiger partial charge on any atom is 0.246 e. The summed E-state index contributed by atoms with van der Waals surface area (Å²) >= 11 is 0. The molecule has 3 rings (SSSR count). The number of halogens is 1. The molecule has 2 unspecified atom stereocenters. The van der Waals surface area contributed by atoms with E-state index in [4.69, 9.17) is 9.26 Å². The van der Waals surface area contributed by atoms with Gasteiger partial charge in [-0.05, 0) is 38.8 Å². The Kier molecular flexibility index (Phi) is 10.5. The lowest BCUT2D eigenvalue weighted by molar-refractivity contribution is 0.0683. The highest BCUT2D eigenvalue weighted by Gasteiger charge is 2.24. The van der Waals surface area contributed by atoms with Crippen LogP contribution in [-0.4, -0.2) is 53.8 Å². The lowest BCUT2D eigenvalue weighted by atomic mass is 10.2. The molecule has 0 radical (unpaired) electrons. The van der Waals surface area contributed by atoms with Crippen LogP contribution in [0.3, 0.4) is 0 Å². The first-order valence-electron chi connectivity index (χ1n) is 10.4. The van der Waals surface area contributed by atoms with Crippen molar-refractivity contribution in [2.24, 2.45) is 4.99 Å². The molecule has 30 heavy (non-hydrogen) atoms. The van der Waals surface area contributed by atoms with E-state index < -0.39 is 0 Å². The van der Waals surface area contributed by atoms with Crippen LogP contribution < -0.4 is 10.6 Å². The van der Waals surface area contributed by atoms with E-state index in [1.54, 1.807) is 7.05 Å². The summed E-state index contributed by atoms with van der Waals surface area (Å²) in [4.78, 5) is 11.2. The summed E-state index contributed by atoms with van der Waals surface area (Å²) in [7, 11) is 1.77. The van der Waals surface area contributed by atoms with Gasteiger partial charge in [-0.3, -0.25) is 9.89 Å². The van der Waals surface area contributed by atoms with Crippen LogP contribution >= 0.6 is 24.0 Å². The molecular weight excluding hydrogens is 495 g/mol. The molecule has 0 aliphatic carbocycles. The predicted molar refractivity (Wildman–Crippen MR) is 128 cm³/mol. The van der Waals surface area contributed by atoms with Gasteiger partial charge in [-0.15, -0.1) is 24.0 Å². The first kappa shape index (κ1) is 24.5. The van der Waals surface area contributed by atoms with E-state index in [2.05, 4.69) is 61.0 Å². The van der Waals surface area contributed by atoms with Crippen molar-refractivity contribution in [1.82, 2.24) is 25.7 Å². The second kappa shape index (κ2) is 12.9. The highest BCUT2D eigenvalue weighted by molar-refractivity contribution is 14.0. The molecule has 2 N–H and O–H groups in total. The summed E-state index contributed by atoms with van der Waals surface area (Å²) in [5.74, 6) is 1.81. The highest BCUT2D eigenvalue weighted by Crippen LogP contribution is 2.19. The third-order valence-corrected chi connectivity index (χ3v) is 5.13. The lowest BCUT2D eigenvalue weighted by Gasteiger charge is -2.25. The van der Waals surface area contributed by atoms with E-state index in [9.17, 15) is 0 Å². The van der Waals surface area contributed by atoms with E-state index in [1.807, 2.05) is 13.8 Å². The van der Waals surface area contributed by atoms with Gasteiger partial charge in [-0.2, -0.15) is 4.98 Å². The molecule has 1 aromatic carbocycles. The quantitative estimate of drug-likeness (QED) is 0.294. The average Bonchev–Trinajstić information content (AvgIpc) is 3.39. The summed E-state index contributed by atoms with van der Waals surface area (Å²) in [6.07, 6.45) is 2.25. The standard InChI is InChI=1S/C21H32N6O2.HI/c1-4-28-16(2)20-25-19(29-26-20)14-24-21(22-3)23-13-18-11-8-12-27(18)15-17-9-6-5-7-10-17;/h5-7,9-10,16,18H,4,8,11-15H2,1-3H3,(H2,22,23,24);1H. The first-order chi connectivity index (χ1) is 14.2. The van der Waals surface area contributed by atoms with Crippen LogP contribution in [0.15, 0.2) is 39.8 Å². The van der Waals surface area contributed by atoms with Gasteiger partial charge in [0.2, 0.25) is 5.89 Å². The molecule has 2 aromatic rings. The third-order valence-electron chi connectivity index (χ3n) is 5.13. The number of rotatable bonds is 9. The fraction of sp³-hybridized carbons (Fsp3) is 0.571. The maximum atomic E-state index is 5.49. The van der Waals surface area contributed by atoms with Crippen LogP contribution in [0.5, 0.6) is 0 Å². The molecule has 2 atom stereocenters. The minimum atomic E-state index is -0.173. The monoisotopic (exact) mass is 528 g/mol. The summed E-state index contributed by atoms with van der Waals surface area (Å²) in [6, 6.07) is 11.1. The van der Waals surface area contributed by atoms with Crippen molar-refractivity contribution in [2.45, 2.75) is 51.9 Å². The Morgan fingerprint density at radius 2 is 2.13 bits per heavy atom. The number of hydrogen-bond acceptors (Lipinski definition) is 6. The van der Waals surface area contributed by atoms with Crippen molar-refractivity contribution >= 4 is 29.9 Å². The Morgan fingerprint density at radius 1 is 1.33 bits per heavy atom. The molecule has 0 amide bonds. The molecule has 1 aliphatic heterocycles. The van der Waals surface area contributed by atoms with Crippen LogP contribution in [-0.2, 0) is 17.8 Å². The van der Waals surface area contributed by atoms with Crippen molar-refractivity contribution in [2.75, 3.05) is 26.7 Å². The van der Waals surface area contributed by atoms with Gasteiger partial charge in [0, 0.05) is 32.8 Å². The molecule has 9 heteroatoms. The Labute approximate surface area is 195 Å². The van der Waals surface area contributed by atoms with Gasteiger partial charge in [0.25, 0.3) is 0 Å². The summed E-state index contributed by atoms with van der Waals surface area (Å²) in [6.45, 7) is 7.86. The number of aliphatic imine (C=N–C) groups is 1. The molecule has 8 nitrogen and oxygen atoms in total. The van der Waals surface area contributed by atoms with E-state index in [0.717, 1.165) is 25.6 Å². The number of nitrogens with zero attached hydrogens (tertiary/aromatic N) is 4. The van der Waals surface area contributed by atoms with Gasteiger partial charge in [0.1, 0.15) is 6.10 Å². The number of benzene rings is 1. The lowest BCUT2D eigenvalue weighted by Crippen LogP contribution is -2.44. The Hall–Kier alpha value is -1.72. The smallest absolute Gasteiger partial charge is 0.246 e. The zero-order chi connectivity index (χ0) is 20.5. The predicted octanol–water partition coefficient (Wildman–Crippen LogP) is 3.11. The van der Waals surface area contributed by atoms with Crippen LogP contribution in [0.1, 0.15) is 50.1 Å². The molecular formula is C21H33IN6O2. The second-order valence-electron chi connectivity index (χ2n) is 7.20. The SMILES string of the molecule is CCOC(C)c1noc(CNC(=NC)NCC2CCCN2Cc2ccccc2)n1.I. The van der Waals surface area contributed by atoms with Crippen LogP contribution in [0, 0.1) is 0 Å². The molecule has 0 saturated carbocycles. The number of hydrogen-bond donors (Lipinski definition) is 2. The molecule has 1 saturated heterocycles. The number of aromatic nitrogens is 2. The van der Waals surface area contributed by atoms with Crippen molar-refractivity contribution in [3.05, 3.63) is 47.6 Å². The van der Waals surface area contributed by atoms with Gasteiger partial charge in [0.05, 0.1) is 6.54 Å². The highest BCUT2D eigenvalue weighted by atomic mass is 127. The number of ether oxygens (including phenoxy) is 1. The summed E-state index contributed by atoms with van der Waals surface area (Å²) < 4.78 is 10.8. The molecule has 166 valence electrons. The molecule has 1 aliphatic rings. The largest absolute Gasteiger partial charge is 0.371 e. The van der Waals surface area contributed by atoms with Crippen LogP contribution in [0.25, 0.3) is 0 Å². The first-order valence-corrected chi connectivity index (χ1v) is 10.4. The second-order valence-corrected chi connectivity index (χ2v) is 7.20. The van der Waals surface area contributed by atoms with Crippen molar-refractivity contribution in [3.8, 4) is 0 Å². The maximum absolute atomic E-state index is 5.49. The summed E-state index contributed by atoms with van der Waals surface area (Å²) in [5, 5.41) is 10.7. The van der Waals surface area contributed by atoms with E-state index >= 15 is 0 Å². The summed E-state index contributed by atoms with van der Waals surface area (Å²) in [5.41, 5.74) is 1.36. The number of nitrogens with one attached hydrogen (secondary N) is 2. The normalized spacial score (nSPS) is 18.1. The molecule has 0 bridgehead atoms.